The number of hydrogen-bond acceptors (Lipinski definition) is 2. The lowest BCUT2D eigenvalue weighted by molar-refractivity contribution is -0.0530. The molecule has 4 nitrogen and oxygen atoms in total. The summed E-state index contributed by atoms with van der Waals surface area (Å²) in [6.45, 7) is 5.17. The van der Waals surface area contributed by atoms with Gasteiger partial charge in [0.25, 0.3) is 0 Å². The van der Waals surface area contributed by atoms with Gasteiger partial charge in [-0.3, -0.25) is 0 Å². The minimum absolute atomic E-state index is 0.0738. The highest BCUT2D eigenvalue weighted by Gasteiger charge is 2.25. The summed E-state index contributed by atoms with van der Waals surface area (Å²) in [5.74, 6) is 0. The molecule has 0 spiro atoms. The minimum atomic E-state index is -0.0978. The van der Waals surface area contributed by atoms with Crippen LogP contribution in [0.3, 0.4) is 0 Å². The maximum Gasteiger partial charge on any atom is 0.322 e. The number of nitrogens with zero attached hydrogens (tertiary/aromatic N) is 1. The first kappa shape index (κ1) is 13.2. The minimum Gasteiger partial charge on any atom is -0.372 e. The Morgan fingerprint density at radius 2 is 1.83 bits per heavy atom. The summed E-state index contributed by atoms with van der Waals surface area (Å²) < 4.78 is 5.59. The molecule has 1 aromatic rings. The highest BCUT2D eigenvalue weighted by Crippen LogP contribution is 2.16. The zero-order valence-corrected chi connectivity index (χ0v) is 11.3. The van der Waals surface area contributed by atoms with E-state index < -0.39 is 0 Å². The van der Waals surface area contributed by atoms with Gasteiger partial charge in [-0.1, -0.05) is 11.6 Å². The van der Waals surface area contributed by atoms with Crippen LogP contribution in [0.25, 0.3) is 0 Å². The van der Waals surface area contributed by atoms with Crippen molar-refractivity contribution in [1.29, 1.82) is 0 Å². The second kappa shape index (κ2) is 5.59. The van der Waals surface area contributed by atoms with Gasteiger partial charge in [0.2, 0.25) is 0 Å². The van der Waals surface area contributed by atoms with E-state index >= 15 is 0 Å². The van der Waals surface area contributed by atoms with E-state index in [4.69, 9.17) is 16.3 Å². The quantitative estimate of drug-likeness (QED) is 0.851. The molecule has 1 saturated heterocycles. The Kier molecular flexibility index (Phi) is 4.09. The second-order valence-electron chi connectivity index (χ2n) is 4.60. The smallest absolute Gasteiger partial charge is 0.322 e. The molecule has 0 unspecified atom stereocenters. The van der Waals surface area contributed by atoms with Crippen LogP contribution < -0.4 is 5.32 Å². The zero-order valence-electron chi connectivity index (χ0n) is 10.5. The van der Waals surface area contributed by atoms with Crippen LogP contribution in [0.4, 0.5) is 10.5 Å². The lowest BCUT2D eigenvalue weighted by atomic mass is 10.2. The number of ether oxygens (including phenoxy) is 1. The number of halogens is 1. The summed E-state index contributed by atoms with van der Waals surface area (Å²) in [6.07, 6.45) is 0.148. The third-order valence-corrected chi connectivity index (χ3v) is 3.05. The Bertz CT molecular complexity index is 412. The van der Waals surface area contributed by atoms with Crippen LogP contribution in [0.2, 0.25) is 5.02 Å². The normalized spacial score (nSPS) is 23.8. The lowest BCUT2D eigenvalue weighted by Gasteiger charge is -2.35. The van der Waals surface area contributed by atoms with Crippen molar-refractivity contribution in [3.05, 3.63) is 29.3 Å². The molecule has 2 amide bonds. The molecule has 1 heterocycles. The fraction of sp³-hybridized carbons (Fsp3) is 0.462. The van der Waals surface area contributed by atoms with Crippen LogP contribution in [0.1, 0.15) is 13.8 Å². The molecule has 0 aliphatic carbocycles. The first-order chi connectivity index (χ1) is 8.54. The van der Waals surface area contributed by atoms with Crippen molar-refractivity contribution in [1.82, 2.24) is 4.90 Å². The summed E-state index contributed by atoms with van der Waals surface area (Å²) in [5, 5.41) is 3.51. The molecule has 0 radical (unpaired) electrons. The average Bonchev–Trinajstić information content (AvgIpc) is 2.31. The number of carbonyl (C=O) groups is 1. The number of anilines is 1. The van der Waals surface area contributed by atoms with Crippen LogP contribution in [0.15, 0.2) is 24.3 Å². The molecule has 1 aromatic carbocycles. The molecule has 2 rings (SSSR count). The van der Waals surface area contributed by atoms with Crippen LogP contribution >= 0.6 is 11.6 Å². The maximum atomic E-state index is 12.1. The third kappa shape index (κ3) is 3.37. The summed E-state index contributed by atoms with van der Waals surface area (Å²) in [4.78, 5) is 13.8. The lowest BCUT2D eigenvalue weighted by Crippen LogP contribution is -2.49. The van der Waals surface area contributed by atoms with E-state index in [0.29, 0.717) is 18.1 Å². The summed E-state index contributed by atoms with van der Waals surface area (Å²) in [6, 6.07) is 6.98. The number of carbonyl (C=O) groups excluding carboxylic acids is 1. The van der Waals surface area contributed by atoms with E-state index in [1.54, 1.807) is 29.2 Å². The van der Waals surface area contributed by atoms with Gasteiger partial charge >= 0.3 is 6.03 Å². The van der Waals surface area contributed by atoms with E-state index in [1.807, 2.05) is 13.8 Å². The van der Waals surface area contributed by atoms with Crippen molar-refractivity contribution in [2.24, 2.45) is 0 Å². The first-order valence-electron chi connectivity index (χ1n) is 6.01. The standard InChI is InChI=1S/C13H17ClN2O2/c1-9-7-16(8-10(2)18-9)13(17)15-12-5-3-11(14)4-6-12/h3-6,9-10H,7-8H2,1-2H3,(H,15,17)/t9-,10-/m1/s1. The fourth-order valence-corrected chi connectivity index (χ4v) is 2.21. The molecule has 1 N–H and O–H groups in total. The van der Waals surface area contributed by atoms with E-state index in [-0.39, 0.29) is 18.2 Å². The number of urea groups is 1. The van der Waals surface area contributed by atoms with Gasteiger partial charge in [-0.05, 0) is 38.1 Å². The van der Waals surface area contributed by atoms with E-state index in [2.05, 4.69) is 5.32 Å². The van der Waals surface area contributed by atoms with Crippen molar-refractivity contribution in [2.75, 3.05) is 18.4 Å². The van der Waals surface area contributed by atoms with Crippen molar-refractivity contribution in [2.45, 2.75) is 26.1 Å². The molecule has 1 fully saturated rings. The number of amides is 2. The number of morpholine rings is 1. The predicted molar refractivity (Wildman–Crippen MR) is 72.1 cm³/mol. The SMILES string of the molecule is C[C@@H]1CN(C(=O)Nc2ccc(Cl)cc2)C[C@@H](C)O1. The second-order valence-corrected chi connectivity index (χ2v) is 5.04. The van der Waals surface area contributed by atoms with Crippen molar-refractivity contribution >= 4 is 23.3 Å². The molecular weight excluding hydrogens is 252 g/mol. The molecule has 5 heteroatoms. The van der Waals surface area contributed by atoms with Gasteiger partial charge in [0, 0.05) is 23.8 Å². The number of benzene rings is 1. The monoisotopic (exact) mass is 268 g/mol. The number of rotatable bonds is 1. The molecule has 98 valence electrons. The maximum absolute atomic E-state index is 12.1. The Labute approximate surface area is 112 Å². The van der Waals surface area contributed by atoms with Crippen molar-refractivity contribution in [3.8, 4) is 0 Å². The van der Waals surface area contributed by atoms with Gasteiger partial charge in [-0.2, -0.15) is 0 Å². The Morgan fingerprint density at radius 1 is 1.28 bits per heavy atom. The predicted octanol–water partition coefficient (Wildman–Crippen LogP) is 2.98. The van der Waals surface area contributed by atoms with E-state index in [0.717, 1.165) is 5.69 Å². The highest BCUT2D eigenvalue weighted by molar-refractivity contribution is 6.30. The largest absolute Gasteiger partial charge is 0.372 e. The van der Waals surface area contributed by atoms with Gasteiger partial charge in [0.1, 0.15) is 0 Å². The molecule has 1 aliphatic heterocycles. The molecule has 0 aromatic heterocycles. The molecular formula is C13H17ClN2O2. The van der Waals surface area contributed by atoms with Crippen LogP contribution in [0, 0.1) is 0 Å². The first-order valence-corrected chi connectivity index (χ1v) is 6.39. The molecule has 1 aliphatic rings. The van der Waals surface area contributed by atoms with Crippen LogP contribution in [-0.2, 0) is 4.74 Å². The average molecular weight is 269 g/mol. The van der Waals surface area contributed by atoms with Gasteiger partial charge in [-0.15, -0.1) is 0 Å². The van der Waals surface area contributed by atoms with Crippen molar-refractivity contribution < 1.29 is 9.53 Å². The summed E-state index contributed by atoms with van der Waals surface area (Å²) in [5.41, 5.74) is 0.746. The van der Waals surface area contributed by atoms with E-state index in [1.165, 1.54) is 0 Å². The summed E-state index contributed by atoms with van der Waals surface area (Å²) in [7, 11) is 0. The fourth-order valence-electron chi connectivity index (χ4n) is 2.08. The topological polar surface area (TPSA) is 41.6 Å². The van der Waals surface area contributed by atoms with Gasteiger partial charge in [-0.25, -0.2) is 4.79 Å². The van der Waals surface area contributed by atoms with Gasteiger partial charge < -0.3 is 15.0 Å². The highest BCUT2D eigenvalue weighted by atomic mass is 35.5. The molecule has 0 saturated carbocycles. The summed E-state index contributed by atoms with van der Waals surface area (Å²) >= 11 is 5.80. The van der Waals surface area contributed by atoms with Crippen LogP contribution in [-0.4, -0.2) is 36.2 Å². The van der Waals surface area contributed by atoms with Gasteiger partial charge in [0.05, 0.1) is 12.2 Å². The zero-order chi connectivity index (χ0) is 13.1. The van der Waals surface area contributed by atoms with Gasteiger partial charge in [0.15, 0.2) is 0 Å². The Hall–Kier alpha value is -1.26. The van der Waals surface area contributed by atoms with Crippen LogP contribution in [0.5, 0.6) is 0 Å². The third-order valence-electron chi connectivity index (χ3n) is 2.80. The molecule has 18 heavy (non-hydrogen) atoms. The number of hydrogen-bond donors (Lipinski definition) is 1. The van der Waals surface area contributed by atoms with Crippen molar-refractivity contribution in [3.63, 3.8) is 0 Å². The Morgan fingerprint density at radius 3 is 2.39 bits per heavy atom. The number of nitrogens with one attached hydrogen (secondary N) is 1. The Balaban J connectivity index is 1.97. The van der Waals surface area contributed by atoms with E-state index in [9.17, 15) is 4.79 Å². The molecule has 2 atom stereocenters. The molecule has 0 bridgehead atoms.